The minimum absolute atomic E-state index is 0.141. The molecule has 0 bridgehead atoms. The molecule has 0 aliphatic carbocycles. The lowest BCUT2D eigenvalue weighted by Gasteiger charge is -2.41. The number of piperidine rings is 1. The van der Waals surface area contributed by atoms with Gasteiger partial charge in [0.05, 0.1) is 17.7 Å². The number of carbonyl (C=O) groups excluding carboxylic acids is 1. The van der Waals surface area contributed by atoms with Crippen LogP contribution in [0.2, 0.25) is 0 Å². The highest BCUT2D eigenvalue weighted by Crippen LogP contribution is 2.36. The lowest BCUT2D eigenvalue weighted by molar-refractivity contribution is -0.137. The van der Waals surface area contributed by atoms with Gasteiger partial charge in [-0.1, -0.05) is 17.4 Å². The number of benzene rings is 1. The predicted molar refractivity (Wildman–Crippen MR) is 92.3 cm³/mol. The molecule has 4 rings (SSSR count). The molecule has 2 aliphatic heterocycles. The van der Waals surface area contributed by atoms with Gasteiger partial charge in [-0.25, -0.2) is 4.98 Å². The number of carbonyl (C=O) groups is 1. The van der Waals surface area contributed by atoms with Crippen molar-refractivity contribution in [2.75, 3.05) is 38.2 Å². The van der Waals surface area contributed by atoms with Crippen LogP contribution in [-0.4, -0.2) is 49.1 Å². The van der Waals surface area contributed by atoms with Crippen LogP contribution in [0.25, 0.3) is 10.2 Å². The summed E-state index contributed by atoms with van der Waals surface area (Å²) in [6, 6.07) is 5.99. The number of hydrogen-bond acceptors (Lipinski definition) is 5. The summed E-state index contributed by atoms with van der Waals surface area (Å²) >= 11 is 1.67. The van der Waals surface area contributed by atoms with E-state index >= 15 is 0 Å². The fourth-order valence-electron chi connectivity index (χ4n) is 3.37. The number of ether oxygens (including phenoxy) is 1. The topological polar surface area (TPSA) is 45.7 Å². The van der Waals surface area contributed by atoms with Gasteiger partial charge in [-0.15, -0.1) is 0 Å². The molecule has 23 heavy (non-hydrogen) atoms. The molecule has 3 heterocycles. The van der Waals surface area contributed by atoms with E-state index < -0.39 is 0 Å². The van der Waals surface area contributed by atoms with E-state index in [1.165, 1.54) is 6.42 Å². The summed E-state index contributed by atoms with van der Waals surface area (Å²) < 4.78 is 6.51. The van der Waals surface area contributed by atoms with Crippen molar-refractivity contribution in [1.82, 2.24) is 9.88 Å². The number of likely N-dealkylation sites (tertiary alicyclic amines) is 1. The minimum atomic E-state index is 0.141. The molecule has 0 spiro atoms. The molecule has 2 aromatic rings. The standard InChI is InChI=1S/C17H21N3O2S/c1-22-13-6-5-7-14-15(13)18-17(23-14)20-10-12(11-20)16(21)19-8-3-2-4-9-19/h5-7,12H,2-4,8-11H2,1H3. The number of methoxy groups -OCH3 is 1. The van der Waals surface area contributed by atoms with Crippen molar-refractivity contribution in [2.45, 2.75) is 19.3 Å². The minimum Gasteiger partial charge on any atom is -0.494 e. The zero-order valence-electron chi connectivity index (χ0n) is 13.3. The monoisotopic (exact) mass is 331 g/mol. The van der Waals surface area contributed by atoms with E-state index in [2.05, 4.69) is 11.0 Å². The first kappa shape index (κ1) is 14.8. The molecule has 1 aromatic carbocycles. The van der Waals surface area contributed by atoms with E-state index in [1.54, 1.807) is 18.4 Å². The Morgan fingerprint density at radius 3 is 2.78 bits per heavy atom. The highest BCUT2D eigenvalue weighted by atomic mass is 32.1. The third-order valence-electron chi connectivity index (χ3n) is 4.76. The lowest BCUT2D eigenvalue weighted by atomic mass is 9.98. The third kappa shape index (κ3) is 2.65. The highest BCUT2D eigenvalue weighted by molar-refractivity contribution is 7.22. The van der Waals surface area contributed by atoms with Gasteiger partial charge in [0, 0.05) is 26.2 Å². The second-order valence-electron chi connectivity index (χ2n) is 6.29. The first-order valence-corrected chi connectivity index (χ1v) is 9.05. The summed E-state index contributed by atoms with van der Waals surface area (Å²) in [6.45, 7) is 3.45. The second-order valence-corrected chi connectivity index (χ2v) is 7.30. The first-order chi connectivity index (χ1) is 11.3. The smallest absolute Gasteiger partial charge is 0.229 e. The quantitative estimate of drug-likeness (QED) is 0.867. The van der Waals surface area contributed by atoms with Gasteiger partial charge in [0.2, 0.25) is 5.91 Å². The van der Waals surface area contributed by atoms with E-state index in [0.29, 0.717) is 5.91 Å². The van der Waals surface area contributed by atoms with E-state index in [4.69, 9.17) is 9.72 Å². The lowest BCUT2D eigenvalue weighted by Crippen LogP contribution is -2.55. The number of para-hydroxylation sites is 1. The molecule has 0 radical (unpaired) electrons. The zero-order valence-corrected chi connectivity index (χ0v) is 14.1. The largest absolute Gasteiger partial charge is 0.494 e. The summed E-state index contributed by atoms with van der Waals surface area (Å²) in [7, 11) is 1.67. The van der Waals surface area contributed by atoms with E-state index in [1.807, 2.05) is 17.0 Å². The number of thiazole rings is 1. The fourth-order valence-corrected chi connectivity index (χ4v) is 4.38. The normalized spacial score (nSPS) is 19.0. The molecule has 6 heteroatoms. The summed E-state index contributed by atoms with van der Waals surface area (Å²) in [5.74, 6) is 1.29. The SMILES string of the molecule is COc1cccc2sc(N3CC(C(=O)N4CCCCC4)C3)nc12. The molecule has 1 amide bonds. The molecule has 0 N–H and O–H groups in total. The van der Waals surface area contributed by atoms with Crippen LogP contribution in [0.3, 0.4) is 0 Å². The van der Waals surface area contributed by atoms with Crippen LogP contribution in [0.1, 0.15) is 19.3 Å². The van der Waals surface area contributed by atoms with E-state index in [0.717, 1.165) is 60.1 Å². The van der Waals surface area contributed by atoms with Gasteiger partial charge in [-0.3, -0.25) is 4.79 Å². The van der Waals surface area contributed by atoms with Crippen LogP contribution in [-0.2, 0) is 4.79 Å². The summed E-state index contributed by atoms with van der Waals surface area (Å²) in [4.78, 5) is 21.5. The molecule has 2 saturated heterocycles. The van der Waals surface area contributed by atoms with Crippen LogP contribution in [0.5, 0.6) is 5.75 Å². The van der Waals surface area contributed by atoms with Crippen molar-refractivity contribution in [3.05, 3.63) is 18.2 Å². The molecule has 0 atom stereocenters. The Balaban J connectivity index is 1.44. The number of hydrogen-bond donors (Lipinski definition) is 0. The first-order valence-electron chi connectivity index (χ1n) is 8.23. The van der Waals surface area contributed by atoms with Crippen LogP contribution in [0.15, 0.2) is 18.2 Å². The van der Waals surface area contributed by atoms with Gasteiger partial charge in [0.25, 0.3) is 0 Å². The zero-order chi connectivity index (χ0) is 15.8. The summed E-state index contributed by atoms with van der Waals surface area (Å²) in [6.07, 6.45) is 3.56. The summed E-state index contributed by atoms with van der Waals surface area (Å²) in [5, 5.41) is 0.993. The summed E-state index contributed by atoms with van der Waals surface area (Å²) in [5.41, 5.74) is 0.917. The average molecular weight is 331 g/mol. The Labute approximate surface area is 139 Å². The maximum Gasteiger partial charge on any atom is 0.229 e. The molecule has 0 unspecified atom stereocenters. The molecule has 0 saturated carbocycles. The van der Waals surface area contributed by atoms with Crippen molar-refractivity contribution in [3.8, 4) is 5.75 Å². The maximum absolute atomic E-state index is 12.5. The molecular formula is C17H21N3O2S. The molecule has 2 aliphatic rings. The average Bonchev–Trinajstić information content (AvgIpc) is 2.97. The number of anilines is 1. The van der Waals surface area contributed by atoms with Gasteiger partial charge in [-0.05, 0) is 31.4 Å². The van der Waals surface area contributed by atoms with Crippen molar-refractivity contribution in [1.29, 1.82) is 0 Å². The maximum atomic E-state index is 12.5. The Morgan fingerprint density at radius 1 is 1.26 bits per heavy atom. The van der Waals surface area contributed by atoms with Gasteiger partial charge < -0.3 is 14.5 Å². The van der Waals surface area contributed by atoms with Crippen molar-refractivity contribution < 1.29 is 9.53 Å². The third-order valence-corrected chi connectivity index (χ3v) is 5.84. The van der Waals surface area contributed by atoms with Crippen molar-refractivity contribution in [2.24, 2.45) is 5.92 Å². The van der Waals surface area contributed by atoms with Crippen molar-refractivity contribution in [3.63, 3.8) is 0 Å². The Morgan fingerprint density at radius 2 is 2.04 bits per heavy atom. The molecule has 122 valence electrons. The van der Waals surface area contributed by atoms with Gasteiger partial charge in [0.15, 0.2) is 5.13 Å². The number of aromatic nitrogens is 1. The van der Waals surface area contributed by atoms with Gasteiger partial charge in [-0.2, -0.15) is 0 Å². The van der Waals surface area contributed by atoms with Gasteiger partial charge in [0.1, 0.15) is 11.3 Å². The van der Waals surface area contributed by atoms with Crippen LogP contribution in [0, 0.1) is 5.92 Å². The highest BCUT2D eigenvalue weighted by Gasteiger charge is 2.37. The molecule has 1 aromatic heterocycles. The number of nitrogens with zero attached hydrogens (tertiary/aromatic N) is 3. The Bertz CT molecular complexity index is 718. The second kappa shape index (κ2) is 6.00. The molecule has 5 nitrogen and oxygen atoms in total. The van der Waals surface area contributed by atoms with Crippen molar-refractivity contribution >= 4 is 32.6 Å². The fraction of sp³-hybridized carbons (Fsp3) is 0.529. The number of rotatable bonds is 3. The van der Waals surface area contributed by atoms with E-state index in [-0.39, 0.29) is 5.92 Å². The molecule has 2 fully saturated rings. The predicted octanol–water partition coefficient (Wildman–Crippen LogP) is 2.75. The Hall–Kier alpha value is -1.82. The van der Waals surface area contributed by atoms with E-state index in [9.17, 15) is 4.79 Å². The van der Waals surface area contributed by atoms with Crippen LogP contribution < -0.4 is 9.64 Å². The van der Waals surface area contributed by atoms with Crippen LogP contribution >= 0.6 is 11.3 Å². The number of amides is 1. The van der Waals surface area contributed by atoms with Gasteiger partial charge >= 0.3 is 0 Å². The Kier molecular flexibility index (Phi) is 3.85. The van der Waals surface area contributed by atoms with Crippen LogP contribution in [0.4, 0.5) is 5.13 Å². The number of fused-ring (bicyclic) bond motifs is 1. The molecular weight excluding hydrogens is 310 g/mol.